The van der Waals surface area contributed by atoms with Crippen LogP contribution in [0.4, 0.5) is 5.69 Å². The monoisotopic (exact) mass is 410 g/mol. The van der Waals surface area contributed by atoms with Gasteiger partial charge in [-0.05, 0) is 50.2 Å². The van der Waals surface area contributed by atoms with Gasteiger partial charge in [-0.15, -0.1) is 10.2 Å². The lowest BCUT2D eigenvalue weighted by molar-refractivity contribution is -0.115. The number of benzene rings is 2. The molecule has 0 spiro atoms. The molecule has 3 rings (SSSR count). The summed E-state index contributed by atoms with van der Waals surface area (Å²) in [7, 11) is 3.48. The van der Waals surface area contributed by atoms with E-state index in [1.807, 2.05) is 35.9 Å². The number of amides is 1. The summed E-state index contributed by atoms with van der Waals surface area (Å²) in [6, 6.07) is 14.4. The van der Waals surface area contributed by atoms with E-state index in [0.717, 1.165) is 11.3 Å². The maximum Gasteiger partial charge on any atom is 0.237 e. The average molecular weight is 410 g/mol. The van der Waals surface area contributed by atoms with E-state index < -0.39 is 5.25 Å². The van der Waals surface area contributed by atoms with Gasteiger partial charge < -0.3 is 14.6 Å². The van der Waals surface area contributed by atoms with Crippen molar-refractivity contribution >= 4 is 29.1 Å². The summed E-state index contributed by atoms with van der Waals surface area (Å²) < 4.78 is 7.03. The number of ether oxygens (including phenoxy) is 1. The summed E-state index contributed by atoms with van der Waals surface area (Å²) in [5.41, 5.74) is 2.05. The number of nitrogens with one attached hydrogen (secondary N) is 1. The summed E-state index contributed by atoms with van der Waals surface area (Å²) in [6.07, 6.45) is 0. The molecule has 0 unspecified atom stereocenters. The van der Waals surface area contributed by atoms with Gasteiger partial charge in [0.1, 0.15) is 5.75 Å². The number of thioether (sulfide) groups is 1. The van der Waals surface area contributed by atoms with Gasteiger partial charge in [0.15, 0.2) is 16.8 Å². The fourth-order valence-corrected chi connectivity index (χ4v) is 3.50. The number of carbonyl (C=O) groups excluding carboxylic acids is 2. The average Bonchev–Trinajstić information content (AvgIpc) is 3.08. The number of Topliss-reactive ketones (excluding diaryl/α,β-unsaturated/α-hetero) is 1. The molecule has 8 heteroatoms. The van der Waals surface area contributed by atoms with Crippen LogP contribution in [-0.2, 0) is 11.8 Å². The third-order valence-electron chi connectivity index (χ3n) is 4.37. The second-order valence-corrected chi connectivity index (χ2v) is 7.79. The van der Waals surface area contributed by atoms with Crippen LogP contribution in [0.5, 0.6) is 5.75 Å². The number of methoxy groups -OCH3 is 1. The molecular weight excluding hydrogens is 388 g/mol. The highest BCUT2D eigenvalue weighted by Crippen LogP contribution is 2.27. The van der Waals surface area contributed by atoms with Crippen molar-refractivity contribution in [1.82, 2.24) is 14.8 Å². The molecule has 0 aliphatic carbocycles. The molecule has 1 heterocycles. The van der Waals surface area contributed by atoms with Crippen molar-refractivity contribution in [1.29, 1.82) is 0 Å². The summed E-state index contributed by atoms with van der Waals surface area (Å²) in [6.45, 7) is 3.30. The molecule has 29 heavy (non-hydrogen) atoms. The fourth-order valence-electron chi connectivity index (χ4n) is 2.68. The first-order chi connectivity index (χ1) is 13.9. The van der Waals surface area contributed by atoms with Crippen LogP contribution in [0.15, 0.2) is 53.7 Å². The largest absolute Gasteiger partial charge is 0.497 e. The van der Waals surface area contributed by atoms with Crippen LogP contribution in [0.2, 0.25) is 0 Å². The fraction of sp³-hybridized carbons (Fsp3) is 0.238. The van der Waals surface area contributed by atoms with E-state index in [1.54, 1.807) is 38.3 Å². The molecule has 1 atom stereocenters. The van der Waals surface area contributed by atoms with E-state index in [1.165, 1.54) is 18.7 Å². The van der Waals surface area contributed by atoms with Crippen molar-refractivity contribution in [2.24, 2.45) is 7.05 Å². The molecule has 0 fully saturated rings. The molecule has 3 aromatic rings. The predicted molar refractivity (Wildman–Crippen MR) is 113 cm³/mol. The van der Waals surface area contributed by atoms with Crippen LogP contribution in [0.25, 0.3) is 11.4 Å². The molecule has 0 radical (unpaired) electrons. The van der Waals surface area contributed by atoms with Crippen molar-refractivity contribution < 1.29 is 14.3 Å². The molecule has 1 amide bonds. The number of aromatic nitrogens is 3. The zero-order chi connectivity index (χ0) is 21.0. The van der Waals surface area contributed by atoms with E-state index in [4.69, 9.17) is 4.74 Å². The molecule has 0 saturated heterocycles. The van der Waals surface area contributed by atoms with Crippen LogP contribution < -0.4 is 10.1 Å². The highest BCUT2D eigenvalue weighted by molar-refractivity contribution is 8.00. The lowest BCUT2D eigenvalue weighted by Gasteiger charge is -2.12. The summed E-state index contributed by atoms with van der Waals surface area (Å²) in [4.78, 5) is 24.1. The van der Waals surface area contributed by atoms with Gasteiger partial charge >= 0.3 is 0 Å². The first-order valence-electron chi connectivity index (χ1n) is 9.01. The van der Waals surface area contributed by atoms with Crippen LogP contribution in [0.3, 0.4) is 0 Å². The highest BCUT2D eigenvalue weighted by atomic mass is 32.2. The third kappa shape index (κ3) is 4.83. The van der Waals surface area contributed by atoms with Crippen LogP contribution in [0.1, 0.15) is 24.2 Å². The second-order valence-electron chi connectivity index (χ2n) is 6.48. The number of carbonyl (C=O) groups is 2. The van der Waals surface area contributed by atoms with Crippen molar-refractivity contribution in [3.8, 4) is 17.1 Å². The Morgan fingerprint density at radius 2 is 1.86 bits per heavy atom. The second kappa shape index (κ2) is 8.91. The first kappa shape index (κ1) is 20.6. The Hall–Kier alpha value is -3.13. The van der Waals surface area contributed by atoms with Gasteiger partial charge in [-0.2, -0.15) is 0 Å². The van der Waals surface area contributed by atoms with Gasteiger partial charge in [0.2, 0.25) is 5.91 Å². The zero-order valence-electron chi connectivity index (χ0n) is 16.7. The van der Waals surface area contributed by atoms with Gasteiger partial charge in [-0.25, -0.2) is 0 Å². The summed E-state index contributed by atoms with van der Waals surface area (Å²) >= 11 is 1.32. The Morgan fingerprint density at radius 3 is 2.52 bits per heavy atom. The molecule has 0 bridgehead atoms. The van der Waals surface area contributed by atoms with E-state index in [0.29, 0.717) is 22.2 Å². The minimum atomic E-state index is -0.400. The molecule has 0 aliphatic rings. The van der Waals surface area contributed by atoms with Gasteiger partial charge in [0, 0.05) is 23.9 Å². The SMILES string of the molecule is COc1ccc(-c2nnc(S[C@H](C)C(=O)Nc3cccc(C(C)=O)c3)n2C)cc1. The van der Waals surface area contributed by atoms with E-state index in [-0.39, 0.29) is 11.7 Å². The topological polar surface area (TPSA) is 86.1 Å². The van der Waals surface area contributed by atoms with Crippen LogP contribution >= 0.6 is 11.8 Å². The van der Waals surface area contributed by atoms with E-state index in [2.05, 4.69) is 15.5 Å². The van der Waals surface area contributed by atoms with E-state index in [9.17, 15) is 9.59 Å². The van der Waals surface area contributed by atoms with Crippen LogP contribution in [0, 0.1) is 0 Å². The van der Waals surface area contributed by atoms with Crippen LogP contribution in [-0.4, -0.2) is 38.8 Å². The number of hydrogen-bond donors (Lipinski definition) is 1. The van der Waals surface area contributed by atoms with Gasteiger partial charge in [-0.3, -0.25) is 9.59 Å². The molecule has 0 saturated carbocycles. The van der Waals surface area contributed by atoms with Crippen molar-refractivity contribution in [2.75, 3.05) is 12.4 Å². The molecule has 2 aromatic carbocycles. The summed E-state index contributed by atoms with van der Waals surface area (Å²) in [5.74, 6) is 1.25. The lowest BCUT2D eigenvalue weighted by atomic mass is 10.1. The Bertz CT molecular complexity index is 1030. The molecule has 0 aliphatic heterocycles. The maximum atomic E-state index is 12.6. The van der Waals surface area contributed by atoms with Gasteiger partial charge in [0.05, 0.1) is 12.4 Å². The maximum absolute atomic E-state index is 12.6. The quantitative estimate of drug-likeness (QED) is 0.471. The predicted octanol–water partition coefficient (Wildman–Crippen LogP) is 3.81. The smallest absolute Gasteiger partial charge is 0.237 e. The highest BCUT2D eigenvalue weighted by Gasteiger charge is 2.20. The standard InChI is InChI=1S/C21H22N4O3S/c1-13(26)16-6-5-7-17(12-16)22-20(27)14(2)29-21-24-23-19(25(21)3)15-8-10-18(28-4)11-9-15/h5-12,14H,1-4H3,(H,22,27)/t14-/m1/s1. The Labute approximate surface area is 173 Å². The molecule has 1 aromatic heterocycles. The minimum Gasteiger partial charge on any atom is -0.497 e. The van der Waals surface area contributed by atoms with Crippen molar-refractivity contribution in [3.05, 3.63) is 54.1 Å². The van der Waals surface area contributed by atoms with Crippen molar-refractivity contribution in [2.45, 2.75) is 24.3 Å². The number of ketones is 1. The minimum absolute atomic E-state index is 0.0475. The number of nitrogens with zero attached hydrogens (tertiary/aromatic N) is 3. The lowest BCUT2D eigenvalue weighted by Crippen LogP contribution is -2.23. The first-order valence-corrected chi connectivity index (χ1v) is 9.89. The Morgan fingerprint density at radius 1 is 1.14 bits per heavy atom. The van der Waals surface area contributed by atoms with E-state index >= 15 is 0 Å². The number of hydrogen-bond acceptors (Lipinski definition) is 6. The Kier molecular flexibility index (Phi) is 6.33. The molecule has 150 valence electrons. The number of anilines is 1. The van der Waals surface area contributed by atoms with Gasteiger partial charge in [0.25, 0.3) is 0 Å². The molecular formula is C21H22N4O3S. The normalized spacial score (nSPS) is 11.7. The zero-order valence-corrected chi connectivity index (χ0v) is 17.5. The van der Waals surface area contributed by atoms with Gasteiger partial charge in [-0.1, -0.05) is 23.9 Å². The summed E-state index contributed by atoms with van der Waals surface area (Å²) in [5, 5.41) is 11.6. The third-order valence-corrected chi connectivity index (χ3v) is 5.51. The number of rotatable bonds is 7. The molecule has 1 N–H and O–H groups in total. The Balaban J connectivity index is 1.69. The molecule has 7 nitrogen and oxygen atoms in total. The van der Waals surface area contributed by atoms with Crippen molar-refractivity contribution in [3.63, 3.8) is 0 Å².